The van der Waals surface area contributed by atoms with Crippen LogP contribution < -0.4 is 0 Å². The predicted octanol–water partition coefficient (Wildman–Crippen LogP) is 17.4. The highest BCUT2D eigenvalue weighted by Crippen LogP contribution is 2.43. The normalized spacial score (nSPS) is 11.9. The molecular weight excluding hydrogens is 883 g/mol. The standard InChI is InChI=1S/C65H39N5S/c1-2-17-40(18-3-1)41-20-14-21-44(37-41)69-56-31-11-8-25-48(56)51-28-16-33-59(61(51)69)70-57-32-12-9-26-49(57)54-39-43(35-36-58(54)70)63-66-64(53-30-15-29-52-50-27-10-13-34-60(50)71-62(52)53)68-65(67-63)55-38-42-19-4-5-22-45(42)46-23-6-7-24-47(46)55/h1-39H. The second kappa shape index (κ2) is 15.7. The molecule has 0 saturated heterocycles. The Morgan fingerprint density at radius 1 is 0.310 bits per heavy atom. The summed E-state index contributed by atoms with van der Waals surface area (Å²) < 4.78 is 7.30. The summed E-state index contributed by atoms with van der Waals surface area (Å²) in [5.41, 5.74) is 12.0. The SMILES string of the molecule is c1ccc(-c2cccc(-n3c4ccccc4c4cccc(-n5c6ccccc6c6cc(-c7nc(-c8cc9ccccc9c9ccccc89)nc(-c8cccc9c8sc8ccccc89)n7)ccc65)c43)c2)cc1. The van der Waals surface area contributed by atoms with E-state index < -0.39 is 0 Å². The molecule has 4 heterocycles. The Balaban J connectivity index is 0.973. The molecule has 0 fully saturated rings. The average Bonchev–Trinajstić information content (AvgIpc) is 4.11. The predicted molar refractivity (Wildman–Crippen MR) is 298 cm³/mol. The summed E-state index contributed by atoms with van der Waals surface area (Å²) in [7, 11) is 0. The molecule has 6 heteroatoms. The molecule has 0 atom stereocenters. The van der Waals surface area contributed by atoms with Crippen LogP contribution in [-0.2, 0) is 0 Å². The first kappa shape index (κ1) is 39.7. The Bertz CT molecular complexity index is 4660. The van der Waals surface area contributed by atoms with Gasteiger partial charge in [0.1, 0.15) is 0 Å². The molecule has 0 radical (unpaired) electrons. The zero-order chi connectivity index (χ0) is 46.6. The molecule has 0 saturated carbocycles. The topological polar surface area (TPSA) is 48.5 Å². The highest BCUT2D eigenvalue weighted by molar-refractivity contribution is 7.26. The van der Waals surface area contributed by atoms with Gasteiger partial charge in [-0.3, -0.25) is 0 Å². The molecular formula is C65H39N5S. The van der Waals surface area contributed by atoms with Crippen LogP contribution in [-0.4, -0.2) is 24.1 Å². The van der Waals surface area contributed by atoms with Crippen LogP contribution >= 0.6 is 11.3 Å². The molecule has 0 spiro atoms. The summed E-state index contributed by atoms with van der Waals surface area (Å²) in [5, 5.41) is 11.7. The van der Waals surface area contributed by atoms with Gasteiger partial charge in [-0.05, 0) is 99.4 Å². The fourth-order valence-corrected chi connectivity index (χ4v) is 12.4. The maximum atomic E-state index is 5.44. The third kappa shape index (κ3) is 6.15. The third-order valence-corrected chi connectivity index (χ3v) is 15.6. The van der Waals surface area contributed by atoms with Gasteiger partial charge in [-0.15, -0.1) is 11.3 Å². The molecule has 0 N–H and O–H groups in total. The van der Waals surface area contributed by atoms with Crippen molar-refractivity contribution in [2.75, 3.05) is 0 Å². The lowest BCUT2D eigenvalue weighted by Gasteiger charge is -2.15. The lowest BCUT2D eigenvalue weighted by atomic mass is 9.97. The van der Waals surface area contributed by atoms with Crippen LogP contribution in [0, 0.1) is 0 Å². The van der Waals surface area contributed by atoms with Crippen molar-refractivity contribution < 1.29 is 0 Å². The van der Waals surface area contributed by atoms with Crippen LogP contribution in [0.4, 0.5) is 0 Å². The van der Waals surface area contributed by atoms with Gasteiger partial charge >= 0.3 is 0 Å². The third-order valence-electron chi connectivity index (χ3n) is 14.3. The summed E-state index contributed by atoms with van der Waals surface area (Å²) in [6, 6.07) is 85.1. The maximum Gasteiger partial charge on any atom is 0.165 e. The van der Waals surface area contributed by atoms with Crippen LogP contribution in [0.25, 0.3) is 142 Å². The number of thiophene rings is 1. The van der Waals surface area contributed by atoms with Crippen molar-refractivity contribution in [2.24, 2.45) is 0 Å². The first-order chi connectivity index (χ1) is 35.2. The van der Waals surface area contributed by atoms with Crippen molar-refractivity contribution in [1.29, 1.82) is 0 Å². The van der Waals surface area contributed by atoms with Crippen LogP contribution in [0.1, 0.15) is 0 Å². The zero-order valence-corrected chi connectivity index (χ0v) is 39.0. The maximum absolute atomic E-state index is 5.44. The van der Waals surface area contributed by atoms with Gasteiger partial charge in [-0.1, -0.05) is 170 Å². The molecule has 15 rings (SSSR count). The largest absolute Gasteiger partial charge is 0.307 e. The van der Waals surface area contributed by atoms with Crippen molar-refractivity contribution in [3.05, 3.63) is 237 Å². The van der Waals surface area contributed by atoms with Gasteiger partial charge in [-0.25, -0.2) is 15.0 Å². The quantitative estimate of drug-likeness (QED) is 0.156. The summed E-state index contributed by atoms with van der Waals surface area (Å²) in [4.78, 5) is 16.3. The number of para-hydroxylation sites is 3. The molecule has 0 aliphatic heterocycles. The van der Waals surface area contributed by atoms with Crippen molar-refractivity contribution in [2.45, 2.75) is 0 Å². The molecule has 0 bridgehead atoms. The highest BCUT2D eigenvalue weighted by atomic mass is 32.1. The second-order valence-corrected chi connectivity index (χ2v) is 19.4. The molecule has 4 aromatic heterocycles. The van der Waals surface area contributed by atoms with E-state index in [1.54, 1.807) is 11.3 Å². The number of aromatic nitrogens is 5. The number of fused-ring (bicyclic) bond motifs is 12. The lowest BCUT2D eigenvalue weighted by molar-refractivity contribution is 1.08. The number of rotatable bonds is 6. The van der Waals surface area contributed by atoms with Crippen LogP contribution in [0.3, 0.4) is 0 Å². The fourth-order valence-electron chi connectivity index (χ4n) is 11.2. The van der Waals surface area contributed by atoms with Gasteiger partial charge in [0.25, 0.3) is 0 Å². The minimum atomic E-state index is 0.625. The monoisotopic (exact) mass is 921 g/mol. The summed E-state index contributed by atoms with van der Waals surface area (Å²) in [5.74, 6) is 1.92. The smallest absolute Gasteiger partial charge is 0.165 e. The lowest BCUT2D eigenvalue weighted by Crippen LogP contribution is -2.01. The minimum Gasteiger partial charge on any atom is -0.307 e. The first-order valence-corrected chi connectivity index (χ1v) is 24.8. The van der Waals surface area contributed by atoms with Crippen LogP contribution in [0.5, 0.6) is 0 Å². The van der Waals surface area contributed by atoms with Gasteiger partial charge in [-0.2, -0.15) is 0 Å². The molecule has 330 valence electrons. The number of hydrogen-bond donors (Lipinski definition) is 0. The van der Waals surface area contributed by atoms with Gasteiger partial charge in [0, 0.05) is 64.1 Å². The summed E-state index contributed by atoms with van der Waals surface area (Å²) in [6.07, 6.45) is 0. The average molecular weight is 922 g/mol. The Kier molecular flexibility index (Phi) is 8.76. The highest BCUT2D eigenvalue weighted by Gasteiger charge is 2.23. The number of nitrogens with zero attached hydrogens (tertiary/aromatic N) is 5. The second-order valence-electron chi connectivity index (χ2n) is 18.3. The van der Waals surface area contributed by atoms with E-state index in [1.807, 2.05) is 0 Å². The van der Waals surface area contributed by atoms with Gasteiger partial charge < -0.3 is 9.13 Å². The molecule has 15 aromatic rings. The van der Waals surface area contributed by atoms with Crippen molar-refractivity contribution >= 4 is 96.7 Å². The van der Waals surface area contributed by atoms with E-state index in [9.17, 15) is 0 Å². The van der Waals surface area contributed by atoms with E-state index >= 15 is 0 Å². The molecule has 0 unspecified atom stereocenters. The van der Waals surface area contributed by atoms with Crippen LogP contribution in [0.15, 0.2) is 237 Å². The molecule has 5 nitrogen and oxygen atoms in total. The van der Waals surface area contributed by atoms with E-state index in [2.05, 4.69) is 246 Å². The molecule has 71 heavy (non-hydrogen) atoms. The Labute approximate surface area is 411 Å². The van der Waals surface area contributed by atoms with E-state index in [0.717, 1.165) is 76.4 Å². The van der Waals surface area contributed by atoms with E-state index in [1.165, 1.54) is 48.1 Å². The number of hydrogen-bond acceptors (Lipinski definition) is 4. The molecule has 0 aliphatic rings. The van der Waals surface area contributed by atoms with Gasteiger partial charge in [0.15, 0.2) is 17.5 Å². The van der Waals surface area contributed by atoms with E-state index in [4.69, 9.17) is 15.0 Å². The van der Waals surface area contributed by atoms with Crippen molar-refractivity contribution in [3.8, 4) is 56.7 Å². The minimum absolute atomic E-state index is 0.625. The van der Waals surface area contributed by atoms with Crippen molar-refractivity contribution in [3.63, 3.8) is 0 Å². The molecule has 0 amide bonds. The summed E-state index contributed by atoms with van der Waals surface area (Å²) >= 11 is 1.79. The Morgan fingerprint density at radius 3 is 1.75 bits per heavy atom. The Hall–Kier alpha value is -9.23. The summed E-state index contributed by atoms with van der Waals surface area (Å²) in [6.45, 7) is 0. The number of benzene rings is 11. The first-order valence-electron chi connectivity index (χ1n) is 24.0. The molecule has 0 aliphatic carbocycles. The van der Waals surface area contributed by atoms with Gasteiger partial charge in [0.2, 0.25) is 0 Å². The van der Waals surface area contributed by atoms with Gasteiger partial charge in [0.05, 0.1) is 27.8 Å². The van der Waals surface area contributed by atoms with Crippen LogP contribution in [0.2, 0.25) is 0 Å². The zero-order valence-electron chi connectivity index (χ0n) is 38.2. The fraction of sp³-hybridized carbons (Fsp3) is 0. The van der Waals surface area contributed by atoms with Crippen molar-refractivity contribution in [1.82, 2.24) is 24.1 Å². The Morgan fingerprint density at radius 2 is 0.901 bits per heavy atom. The van der Waals surface area contributed by atoms with E-state index in [-0.39, 0.29) is 0 Å². The van der Waals surface area contributed by atoms with E-state index in [0.29, 0.717) is 17.5 Å². The molecule has 11 aromatic carbocycles.